The van der Waals surface area contributed by atoms with Gasteiger partial charge in [0.1, 0.15) is 5.75 Å². The van der Waals surface area contributed by atoms with Gasteiger partial charge in [0.2, 0.25) is 0 Å². The van der Waals surface area contributed by atoms with Gasteiger partial charge in [0.25, 0.3) is 15.9 Å². The van der Waals surface area contributed by atoms with Crippen molar-refractivity contribution in [3.63, 3.8) is 0 Å². The molecular weight excluding hydrogens is 498 g/mol. The van der Waals surface area contributed by atoms with Crippen LogP contribution in [0.5, 0.6) is 5.75 Å². The minimum absolute atomic E-state index is 0.0942. The van der Waals surface area contributed by atoms with Gasteiger partial charge in [-0.1, -0.05) is 48.0 Å². The van der Waals surface area contributed by atoms with Gasteiger partial charge in [-0.2, -0.15) is 0 Å². The quantitative estimate of drug-likeness (QED) is 0.500. The Hall–Kier alpha value is -3.07. The first-order valence-corrected chi connectivity index (χ1v) is 13.8. The monoisotopic (exact) mass is 525 g/mol. The summed E-state index contributed by atoms with van der Waals surface area (Å²) in [6, 6.07) is 21.0. The Morgan fingerprint density at radius 1 is 0.944 bits per heavy atom. The predicted molar refractivity (Wildman–Crippen MR) is 140 cm³/mol. The van der Waals surface area contributed by atoms with Crippen LogP contribution in [0.2, 0.25) is 5.02 Å². The molecule has 0 aromatic heterocycles. The van der Waals surface area contributed by atoms with Crippen molar-refractivity contribution >= 4 is 33.2 Å². The van der Waals surface area contributed by atoms with E-state index in [9.17, 15) is 13.2 Å². The molecule has 2 aliphatic rings. The number of halogens is 1. The van der Waals surface area contributed by atoms with Crippen molar-refractivity contribution in [2.75, 3.05) is 23.9 Å². The maximum atomic E-state index is 13.5. The Balaban J connectivity index is 1.28. The first-order valence-electron chi connectivity index (χ1n) is 12.0. The van der Waals surface area contributed by atoms with Crippen molar-refractivity contribution in [2.45, 2.75) is 36.9 Å². The van der Waals surface area contributed by atoms with Crippen LogP contribution in [0.15, 0.2) is 77.7 Å². The highest BCUT2D eigenvalue weighted by Gasteiger charge is 2.37. The molecule has 0 radical (unpaired) electrons. The molecule has 1 fully saturated rings. The number of hydrogen-bond donors (Lipinski definition) is 1. The van der Waals surface area contributed by atoms with E-state index in [1.807, 2.05) is 12.1 Å². The van der Waals surface area contributed by atoms with Gasteiger partial charge in [0, 0.05) is 18.1 Å². The average molecular weight is 526 g/mol. The van der Waals surface area contributed by atoms with Gasteiger partial charge in [-0.15, -0.1) is 0 Å². The molecule has 5 rings (SSSR count). The van der Waals surface area contributed by atoms with Crippen LogP contribution in [0.4, 0.5) is 5.69 Å². The Labute approximate surface area is 216 Å². The molecule has 0 aliphatic carbocycles. The van der Waals surface area contributed by atoms with E-state index in [2.05, 4.69) is 22.3 Å². The van der Waals surface area contributed by atoms with Crippen molar-refractivity contribution in [3.8, 4) is 5.75 Å². The molecule has 188 valence electrons. The summed E-state index contributed by atoms with van der Waals surface area (Å²) < 4.78 is 34.1. The maximum absolute atomic E-state index is 13.5. The molecule has 2 aliphatic heterocycles. The highest BCUT2D eigenvalue weighted by molar-refractivity contribution is 7.92. The third-order valence-corrected chi connectivity index (χ3v) is 8.57. The van der Waals surface area contributed by atoms with Crippen molar-refractivity contribution in [1.29, 1.82) is 0 Å². The SMILES string of the molecule is O=C(NCc1ccc(CN2CCCC2)cc1)[C@H]1CN(S(=O)(=O)c2ccc(Cl)cc2)c2ccccc2O1. The molecule has 9 heteroatoms. The molecule has 1 atom stereocenters. The average Bonchev–Trinajstić information content (AvgIpc) is 3.41. The molecule has 3 aromatic carbocycles. The fourth-order valence-electron chi connectivity index (χ4n) is 4.56. The number of likely N-dealkylation sites (tertiary alicyclic amines) is 1. The zero-order valence-corrected chi connectivity index (χ0v) is 21.3. The zero-order valence-electron chi connectivity index (χ0n) is 19.8. The number of carbonyl (C=O) groups is 1. The van der Waals surface area contributed by atoms with Crippen LogP contribution in [-0.4, -0.2) is 45.0 Å². The number of amides is 1. The van der Waals surface area contributed by atoms with Crippen LogP contribution in [0.25, 0.3) is 0 Å². The standard InChI is InChI=1S/C27H28ClN3O4S/c28-22-11-13-23(14-12-22)36(33,34)31-19-26(35-25-6-2-1-5-24(25)31)27(32)29-17-20-7-9-21(10-8-20)18-30-15-3-4-16-30/h1-2,5-14,26H,3-4,15-19H2,(H,29,32)/t26-/m1/s1. The number of benzene rings is 3. The van der Waals surface area contributed by atoms with Crippen LogP contribution >= 0.6 is 11.6 Å². The summed E-state index contributed by atoms with van der Waals surface area (Å²) >= 11 is 5.94. The summed E-state index contributed by atoms with van der Waals surface area (Å²) in [5.41, 5.74) is 2.61. The third-order valence-electron chi connectivity index (χ3n) is 6.52. The van der Waals surface area contributed by atoms with Crippen LogP contribution < -0.4 is 14.4 Å². The number of ether oxygens (including phenoxy) is 1. The summed E-state index contributed by atoms with van der Waals surface area (Å²) in [5.74, 6) is -0.0327. The lowest BCUT2D eigenvalue weighted by Crippen LogP contribution is -2.50. The van der Waals surface area contributed by atoms with E-state index < -0.39 is 16.1 Å². The number of rotatable bonds is 7. The van der Waals surface area contributed by atoms with E-state index in [1.165, 1.54) is 47.0 Å². The van der Waals surface area contributed by atoms with Gasteiger partial charge in [-0.05, 0) is 73.5 Å². The van der Waals surface area contributed by atoms with Crippen LogP contribution in [-0.2, 0) is 27.9 Å². The number of sulfonamides is 1. The molecule has 36 heavy (non-hydrogen) atoms. The third kappa shape index (κ3) is 5.36. The van der Waals surface area contributed by atoms with E-state index in [1.54, 1.807) is 24.3 Å². The molecule has 1 amide bonds. The Bertz CT molecular complexity index is 1320. The van der Waals surface area contributed by atoms with Crippen molar-refractivity contribution < 1.29 is 17.9 Å². The largest absolute Gasteiger partial charge is 0.476 e. The van der Waals surface area contributed by atoms with Gasteiger partial charge < -0.3 is 10.1 Å². The molecule has 1 saturated heterocycles. The zero-order chi connectivity index (χ0) is 25.1. The molecular formula is C27H28ClN3O4S. The number of nitrogens with one attached hydrogen (secondary N) is 1. The minimum atomic E-state index is -3.93. The summed E-state index contributed by atoms with van der Waals surface area (Å²) in [7, 11) is -3.93. The normalized spacial score (nSPS) is 17.9. The second-order valence-electron chi connectivity index (χ2n) is 9.08. The smallest absolute Gasteiger partial charge is 0.264 e. The van der Waals surface area contributed by atoms with Crippen molar-refractivity contribution in [1.82, 2.24) is 10.2 Å². The molecule has 7 nitrogen and oxygen atoms in total. The lowest BCUT2D eigenvalue weighted by Gasteiger charge is -2.34. The van der Waals surface area contributed by atoms with Gasteiger partial charge >= 0.3 is 0 Å². The molecule has 0 saturated carbocycles. The number of fused-ring (bicyclic) bond motifs is 1. The fraction of sp³-hybridized carbons (Fsp3) is 0.296. The Morgan fingerprint density at radius 3 is 2.33 bits per heavy atom. The Morgan fingerprint density at radius 2 is 1.61 bits per heavy atom. The topological polar surface area (TPSA) is 79.0 Å². The van der Waals surface area contributed by atoms with Gasteiger partial charge in [0.05, 0.1) is 17.1 Å². The first-order chi connectivity index (χ1) is 17.4. The van der Waals surface area contributed by atoms with Crippen molar-refractivity contribution in [3.05, 3.63) is 88.9 Å². The van der Waals surface area contributed by atoms with Gasteiger partial charge in [-0.25, -0.2) is 8.42 Å². The second kappa shape index (κ2) is 10.5. The van der Waals surface area contributed by atoms with Gasteiger partial charge in [-0.3, -0.25) is 14.0 Å². The Kier molecular flexibility index (Phi) is 7.18. The van der Waals surface area contributed by atoms with E-state index in [4.69, 9.17) is 16.3 Å². The number of anilines is 1. The molecule has 3 aromatic rings. The number of hydrogen-bond acceptors (Lipinski definition) is 5. The first kappa shape index (κ1) is 24.6. The fourth-order valence-corrected chi connectivity index (χ4v) is 6.17. The lowest BCUT2D eigenvalue weighted by molar-refractivity contribution is -0.127. The minimum Gasteiger partial charge on any atom is -0.476 e. The van der Waals surface area contributed by atoms with Crippen LogP contribution in [0, 0.1) is 0 Å². The summed E-state index contributed by atoms with van der Waals surface area (Å²) in [4.78, 5) is 15.6. The van der Waals surface area contributed by atoms with Crippen molar-refractivity contribution in [2.24, 2.45) is 0 Å². The molecule has 1 N–H and O–H groups in total. The number of nitrogens with zero attached hydrogens (tertiary/aromatic N) is 2. The second-order valence-corrected chi connectivity index (χ2v) is 11.4. The summed E-state index contributed by atoms with van der Waals surface area (Å²) in [6.07, 6.45) is 1.53. The predicted octanol–water partition coefficient (Wildman–Crippen LogP) is 4.21. The molecule has 0 spiro atoms. The van der Waals surface area contributed by atoms with E-state index >= 15 is 0 Å². The van der Waals surface area contributed by atoms with Crippen LogP contribution in [0.3, 0.4) is 0 Å². The highest BCUT2D eigenvalue weighted by Crippen LogP contribution is 2.37. The molecule has 2 heterocycles. The molecule has 0 unspecified atom stereocenters. The van der Waals surface area contributed by atoms with Gasteiger partial charge in [0.15, 0.2) is 6.10 Å². The lowest BCUT2D eigenvalue weighted by atomic mass is 10.1. The number of carbonyl (C=O) groups excluding carboxylic acids is 1. The van der Waals surface area contributed by atoms with Crippen LogP contribution in [0.1, 0.15) is 24.0 Å². The van der Waals surface area contributed by atoms with E-state index in [0.717, 1.165) is 25.2 Å². The number of para-hydroxylation sites is 2. The highest BCUT2D eigenvalue weighted by atomic mass is 35.5. The molecule has 0 bridgehead atoms. The van der Waals surface area contributed by atoms with E-state index in [-0.39, 0.29) is 17.3 Å². The van der Waals surface area contributed by atoms with E-state index in [0.29, 0.717) is 23.0 Å². The summed E-state index contributed by atoms with van der Waals surface area (Å²) in [5, 5.41) is 3.34. The summed E-state index contributed by atoms with van der Waals surface area (Å²) in [6.45, 7) is 3.43. The maximum Gasteiger partial charge on any atom is 0.264 e.